The second-order valence-electron chi connectivity index (χ2n) is 9.98. The van der Waals surface area contributed by atoms with Gasteiger partial charge in [-0.05, 0) is 47.0 Å². The number of hydrogen-bond donors (Lipinski definition) is 2. The molecule has 8 heteroatoms. The van der Waals surface area contributed by atoms with Crippen LogP contribution in [0.15, 0.2) is 97.1 Å². The molecule has 1 saturated heterocycles. The molecule has 0 radical (unpaired) electrons. The van der Waals surface area contributed by atoms with Crippen LogP contribution in [-0.4, -0.2) is 53.8 Å². The normalized spacial score (nSPS) is 18.8. The van der Waals surface area contributed by atoms with Crippen molar-refractivity contribution in [3.05, 3.63) is 119 Å². The lowest BCUT2D eigenvalue weighted by Crippen LogP contribution is -2.53. The molecule has 40 heavy (non-hydrogen) atoms. The minimum atomic E-state index is -0.845. The minimum absolute atomic E-state index is 0.0678. The Kier molecular flexibility index (Phi) is 7.36. The molecule has 202 valence electrons. The summed E-state index contributed by atoms with van der Waals surface area (Å²) >= 11 is 6.66. The molecule has 4 aromatic rings. The number of morpholine rings is 1. The topological polar surface area (TPSA) is 82.1 Å². The molecule has 2 aliphatic rings. The van der Waals surface area contributed by atoms with E-state index in [4.69, 9.17) is 16.3 Å². The molecule has 0 aromatic heterocycles. The molecule has 2 heterocycles. The third-order valence-corrected chi connectivity index (χ3v) is 7.71. The van der Waals surface area contributed by atoms with Crippen molar-refractivity contribution < 1.29 is 19.4 Å². The van der Waals surface area contributed by atoms with Crippen molar-refractivity contribution in [2.75, 3.05) is 29.9 Å². The second kappa shape index (κ2) is 11.2. The zero-order chi connectivity index (χ0) is 27.6. The van der Waals surface area contributed by atoms with E-state index in [9.17, 15) is 14.7 Å². The Morgan fingerprint density at radius 2 is 1.62 bits per heavy atom. The Morgan fingerprint density at radius 1 is 0.875 bits per heavy atom. The van der Waals surface area contributed by atoms with Gasteiger partial charge >= 0.3 is 0 Å². The van der Waals surface area contributed by atoms with Gasteiger partial charge in [0.2, 0.25) is 0 Å². The summed E-state index contributed by atoms with van der Waals surface area (Å²) in [6.45, 7) is 1.70. The van der Waals surface area contributed by atoms with Gasteiger partial charge in [-0.1, -0.05) is 78.3 Å². The number of aliphatic hydroxyl groups excluding tert-OH is 1. The van der Waals surface area contributed by atoms with E-state index in [0.29, 0.717) is 43.1 Å². The first-order chi connectivity index (χ1) is 19.5. The van der Waals surface area contributed by atoms with Crippen LogP contribution < -0.4 is 10.2 Å². The van der Waals surface area contributed by atoms with E-state index in [1.807, 2.05) is 72.8 Å². The minimum Gasteiger partial charge on any atom is -0.367 e. The fourth-order valence-electron chi connectivity index (χ4n) is 5.38. The molecular formula is C32H28ClN3O4. The van der Waals surface area contributed by atoms with Crippen LogP contribution in [0.1, 0.15) is 26.3 Å². The van der Waals surface area contributed by atoms with Crippen LogP contribution in [0, 0.1) is 0 Å². The van der Waals surface area contributed by atoms with Crippen LogP contribution in [0.25, 0.3) is 11.1 Å². The highest BCUT2D eigenvalue weighted by atomic mass is 35.5. The number of hydrogen-bond acceptors (Lipinski definition) is 5. The van der Waals surface area contributed by atoms with Crippen LogP contribution in [0.2, 0.25) is 5.02 Å². The lowest BCUT2D eigenvalue weighted by Gasteiger charge is -2.37. The number of ether oxygens (including phenoxy) is 1. The molecule has 2 N–H and O–H groups in total. The largest absolute Gasteiger partial charge is 0.367 e. The molecule has 1 unspecified atom stereocenters. The van der Waals surface area contributed by atoms with E-state index in [1.165, 1.54) is 0 Å². The van der Waals surface area contributed by atoms with Gasteiger partial charge in [0.25, 0.3) is 11.8 Å². The van der Waals surface area contributed by atoms with Gasteiger partial charge in [-0.25, -0.2) is 0 Å². The average Bonchev–Trinajstić information content (AvgIpc) is 3.14. The number of nitrogens with zero attached hydrogens (tertiary/aromatic N) is 2. The van der Waals surface area contributed by atoms with Crippen LogP contribution in [0.4, 0.5) is 11.4 Å². The standard InChI is InChI=1S/C32H28ClN3O4/c33-28-16-23(34-31(38)26-12-6-5-11-25(26)21-8-2-1-3-9-21)14-15-27(28)32(39)36-18-24-20-40-30(37)19-35(24)17-22-10-4-7-13-29(22)36/h1-16,24,30,37H,17-20H2,(H,34,38)/t24-,30?/m0/s1. The summed E-state index contributed by atoms with van der Waals surface area (Å²) in [6.07, 6.45) is -0.845. The van der Waals surface area contributed by atoms with Crippen LogP contribution in [-0.2, 0) is 11.3 Å². The summed E-state index contributed by atoms with van der Waals surface area (Å²) in [4.78, 5) is 31.0. The van der Waals surface area contributed by atoms with Crippen molar-refractivity contribution in [2.45, 2.75) is 18.9 Å². The first-order valence-electron chi connectivity index (χ1n) is 13.2. The van der Waals surface area contributed by atoms with Crippen LogP contribution >= 0.6 is 11.6 Å². The van der Waals surface area contributed by atoms with Gasteiger partial charge in [0, 0.05) is 30.0 Å². The number of anilines is 2. The van der Waals surface area contributed by atoms with Crippen molar-refractivity contribution in [1.82, 2.24) is 4.90 Å². The molecule has 0 spiro atoms. The van der Waals surface area contributed by atoms with Gasteiger partial charge in [-0.3, -0.25) is 14.5 Å². The molecule has 1 fully saturated rings. The van der Waals surface area contributed by atoms with E-state index < -0.39 is 6.29 Å². The fourth-order valence-corrected chi connectivity index (χ4v) is 5.64. The van der Waals surface area contributed by atoms with E-state index in [1.54, 1.807) is 29.2 Å². The first-order valence-corrected chi connectivity index (χ1v) is 13.5. The lowest BCUT2D eigenvalue weighted by molar-refractivity contribution is -0.165. The van der Waals surface area contributed by atoms with Gasteiger partial charge in [-0.2, -0.15) is 0 Å². The number of nitrogens with one attached hydrogen (secondary N) is 1. The Bertz CT molecular complexity index is 1560. The van der Waals surface area contributed by atoms with Crippen molar-refractivity contribution in [1.29, 1.82) is 0 Å². The monoisotopic (exact) mass is 553 g/mol. The molecule has 0 saturated carbocycles. The lowest BCUT2D eigenvalue weighted by atomic mass is 9.99. The van der Waals surface area contributed by atoms with E-state index in [0.717, 1.165) is 22.4 Å². The number of aliphatic hydroxyl groups is 1. The van der Waals surface area contributed by atoms with Gasteiger partial charge in [0.1, 0.15) is 0 Å². The SMILES string of the molecule is O=C(Nc1ccc(C(=O)N2C[C@H]3COC(O)CN3Cc3ccccc32)c(Cl)c1)c1ccccc1-c1ccccc1. The van der Waals surface area contributed by atoms with Crippen LogP contribution in [0.3, 0.4) is 0 Å². The number of amides is 2. The second-order valence-corrected chi connectivity index (χ2v) is 10.4. The molecule has 4 aromatic carbocycles. The quantitative estimate of drug-likeness (QED) is 0.352. The van der Waals surface area contributed by atoms with Crippen molar-refractivity contribution in [3.63, 3.8) is 0 Å². The van der Waals surface area contributed by atoms with Gasteiger partial charge in [0.15, 0.2) is 6.29 Å². The fraction of sp³-hybridized carbons (Fsp3) is 0.188. The highest BCUT2D eigenvalue weighted by Gasteiger charge is 2.35. The van der Waals surface area contributed by atoms with Gasteiger partial charge < -0.3 is 20.1 Å². The Labute approximate surface area is 237 Å². The highest BCUT2D eigenvalue weighted by molar-refractivity contribution is 6.35. The maximum atomic E-state index is 13.9. The summed E-state index contributed by atoms with van der Waals surface area (Å²) < 4.78 is 5.49. The maximum Gasteiger partial charge on any atom is 0.259 e. The smallest absolute Gasteiger partial charge is 0.259 e. The van der Waals surface area contributed by atoms with Crippen molar-refractivity contribution in [2.24, 2.45) is 0 Å². The number of halogens is 1. The number of fused-ring (bicyclic) bond motifs is 2. The summed E-state index contributed by atoms with van der Waals surface area (Å²) in [5, 5.41) is 13.2. The van der Waals surface area contributed by atoms with Crippen molar-refractivity contribution >= 4 is 34.8 Å². The third kappa shape index (κ3) is 5.24. The summed E-state index contributed by atoms with van der Waals surface area (Å²) in [7, 11) is 0. The average molecular weight is 554 g/mol. The molecular weight excluding hydrogens is 526 g/mol. The van der Waals surface area contributed by atoms with Crippen molar-refractivity contribution in [3.8, 4) is 11.1 Å². The zero-order valence-corrected chi connectivity index (χ0v) is 22.4. The predicted molar refractivity (Wildman–Crippen MR) is 156 cm³/mol. The first kappa shape index (κ1) is 26.2. The number of benzene rings is 4. The summed E-state index contributed by atoms with van der Waals surface area (Å²) in [5.74, 6) is -0.506. The molecule has 2 atom stereocenters. The number of carbonyl (C=O) groups excluding carboxylic acids is 2. The van der Waals surface area contributed by atoms with Crippen LogP contribution in [0.5, 0.6) is 0 Å². The summed E-state index contributed by atoms with van der Waals surface area (Å²) in [5.41, 5.74) is 4.94. The molecule has 0 bridgehead atoms. The Hall–Kier alpha value is -4.01. The maximum absolute atomic E-state index is 13.9. The Balaban J connectivity index is 1.25. The van der Waals surface area contributed by atoms with E-state index in [-0.39, 0.29) is 22.9 Å². The third-order valence-electron chi connectivity index (χ3n) is 7.40. The van der Waals surface area contributed by atoms with E-state index in [2.05, 4.69) is 10.2 Å². The number of para-hydroxylation sites is 1. The molecule has 7 nitrogen and oxygen atoms in total. The van der Waals surface area contributed by atoms with Gasteiger partial charge in [0.05, 0.1) is 29.8 Å². The summed E-state index contributed by atoms with van der Waals surface area (Å²) in [6, 6.07) is 29.8. The van der Waals surface area contributed by atoms with E-state index >= 15 is 0 Å². The highest BCUT2D eigenvalue weighted by Crippen LogP contribution is 2.32. The number of carbonyl (C=O) groups is 2. The molecule has 2 amide bonds. The Morgan fingerprint density at radius 3 is 2.45 bits per heavy atom. The zero-order valence-electron chi connectivity index (χ0n) is 21.7. The molecule has 0 aliphatic carbocycles. The molecule has 6 rings (SSSR count). The number of rotatable bonds is 4. The predicted octanol–water partition coefficient (Wildman–Crippen LogP) is 5.44. The molecule has 2 aliphatic heterocycles. The van der Waals surface area contributed by atoms with Gasteiger partial charge in [-0.15, -0.1) is 0 Å².